The predicted molar refractivity (Wildman–Crippen MR) is 85.7 cm³/mol. The van der Waals surface area contributed by atoms with Crippen molar-refractivity contribution in [2.24, 2.45) is 0 Å². The van der Waals surface area contributed by atoms with E-state index in [1.54, 1.807) is 0 Å². The molecule has 0 fully saturated rings. The summed E-state index contributed by atoms with van der Waals surface area (Å²) in [5.74, 6) is 0. The minimum atomic E-state index is 0.759. The second kappa shape index (κ2) is 6.33. The minimum Gasteiger partial charge on any atom is -0.233 e. The molecule has 0 aliphatic heterocycles. The number of halogens is 2. The molecule has 21 heavy (non-hydrogen) atoms. The van der Waals surface area contributed by atoms with Gasteiger partial charge in [0.2, 0.25) is 6.33 Å². The molecule has 0 N–H and O–H groups in total. The number of hydrogen-bond acceptors (Lipinski definition) is 0. The summed E-state index contributed by atoms with van der Waals surface area (Å²) < 4.78 is 4.22. The first-order valence-electron chi connectivity index (χ1n) is 6.74. The van der Waals surface area contributed by atoms with E-state index in [2.05, 4.69) is 15.5 Å². The number of nitrogens with zero attached hydrogens (tertiary/aromatic N) is 2. The van der Waals surface area contributed by atoms with E-state index >= 15 is 0 Å². The Kier molecular flexibility index (Phi) is 4.28. The zero-order chi connectivity index (χ0) is 14.7. The summed E-state index contributed by atoms with van der Waals surface area (Å²) in [6.07, 6.45) is 6.15. The van der Waals surface area contributed by atoms with Crippen LogP contribution < -0.4 is 4.57 Å². The number of rotatable bonds is 4. The molecule has 0 spiro atoms. The van der Waals surface area contributed by atoms with Gasteiger partial charge in [-0.1, -0.05) is 59.6 Å². The summed E-state index contributed by atoms with van der Waals surface area (Å²) in [4.78, 5) is 0. The average molecular weight is 318 g/mol. The van der Waals surface area contributed by atoms with Gasteiger partial charge in [0.1, 0.15) is 25.5 Å². The number of hydrogen-bond donors (Lipinski definition) is 0. The molecular weight excluding hydrogens is 303 g/mol. The van der Waals surface area contributed by atoms with Gasteiger partial charge in [-0.3, -0.25) is 0 Å². The lowest BCUT2D eigenvalue weighted by Gasteiger charge is -2.01. The van der Waals surface area contributed by atoms with Crippen LogP contribution in [0.5, 0.6) is 0 Å². The smallest absolute Gasteiger partial charge is 0.233 e. The van der Waals surface area contributed by atoms with E-state index in [0.717, 1.165) is 34.3 Å². The van der Waals surface area contributed by atoms with Crippen LogP contribution in [0.15, 0.2) is 67.3 Å². The second-order valence-corrected chi connectivity index (χ2v) is 5.76. The third-order valence-corrected chi connectivity index (χ3v) is 4.11. The molecule has 0 radical (unpaired) electrons. The highest BCUT2D eigenvalue weighted by Crippen LogP contribution is 2.16. The molecule has 0 atom stereocenters. The van der Waals surface area contributed by atoms with Crippen LogP contribution in [0.3, 0.4) is 0 Å². The van der Waals surface area contributed by atoms with Crippen LogP contribution in [0.4, 0.5) is 0 Å². The van der Waals surface area contributed by atoms with E-state index in [0.29, 0.717) is 0 Å². The molecular formula is C17H15Cl2N2+. The van der Waals surface area contributed by atoms with Gasteiger partial charge >= 0.3 is 0 Å². The molecule has 1 heterocycles. The molecule has 4 heteroatoms. The van der Waals surface area contributed by atoms with Gasteiger partial charge < -0.3 is 0 Å². The zero-order valence-electron chi connectivity index (χ0n) is 11.4. The molecule has 2 aromatic carbocycles. The lowest BCUT2D eigenvalue weighted by molar-refractivity contribution is -0.687. The first kappa shape index (κ1) is 14.2. The average Bonchev–Trinajstić information content (AvgIpc) is 2.91. The summed E-state index contributed by atoms with van der Waals surface area (Å²) >= 11 is 12.4. The summed E-state index contributed by atoms with van der Waals surface area (Å²) in [7, 11) is 0. The molecule has 0 aliphatic rings. The van der Waals surface area contributed by atoms with Gasteiger partial charge in [0.05, 0.1) is 0 Å². The molecule has 0 bridgehead atoms. The Morgan fingerprint density at radius 3 is 2.14 bits per heavy atom. The number of aromatic nitrogens is 2. The molecule has 0 aliphatic carbocycles. The molecule has 0 amide bonds. The van der Waals surface area contributed by atoms with E-state index < -0.39 is 0 Å². The first-order valence-corrected chi connectivity index (χ1v) is 7.49. The van der Waals surface area contributed by atoms with Crippen LogP contribution >= 0.6 is 23.2 Å². The summed E-state index contributed by atoms with van der Waals surface area (Å²) in [5, 5.41) is 1.59. The van der Waals surface area contributed by atoms with Crippen molar-refractivity contribution in [1.82, 2.24) is 4.57 Å². The predicted octanol–water partition coefficient (Wildman–Crippen LogP) is 4.18. The summed E-state index contributed by atoms with van der Waals surface area (Å²) in [5.41, 5.74) is 2.22. The SMILES string of the molecule is Clc1ccccc1Cn1cc[n+](Cc2ccccc2Cl)c1. The molecule has 3 rings (SSSR count). The van der Waals surface area contributed by atoms with Crippen molar-refractivity contribution in [3.63, 3.8) is 0 Å². The van der Waals surface area contributed by atoms with Crippen LogP contribution in [0, 0.1) is 0 Å². The monoisotopic (exact) mass is 317 g/mol. The Morgan fingerprint density at radius 2 is 1.48 bits per heavy atom. The third-order valence-electron chi connectivity index (χ3n) is 3.37. The van der Waals surface area contributed by atoms with Crippen LogP contribution in [0.2, 0.25) is 10.0 Å². The molecule has 1 aromatic heterocycles. The fourth-order valence-electron chi connectivity index (χ4n) is 2.27. The molecule has 3 aromatic rings. The molecule has 0 unspecified atom stereocenters. The van der Waals surface area contributed by atoms with E-state index in [-0.39, 0.29) is 0 Å². The van der Waals surface area contributed by atoms with Crippen molar-refractivity contribution in [1.29, 1.82) is 0 Å². The fourth-order valence-corrected chi connectivity index (χ4v) is 2.66. The van der Waals surface area contributed by atoms with E-state index in [1.165, 1.54) is 0 Å². The lowest BCUT2D eigenvalue weighted by atomic mass is 10.2. The fraction of sp³-hybridized carbons (Fsp3) is 0.118. The Labute approximate surface area is 134 Å². The van der Waals surface area contributed by atoms with E-state index in [9.17, 15) is 0 Å². The number of imidazole rings is 1. The maximum absolute atomic E-state index is 6.19. The van der Waals surface area contributed by atoms with E-state index in [1.807, 2.05) is 60.9 Å². The van der Waals surface area contributed by atoms with Crippen LogP contribution in [0.25, 0.3) is 0 Å². The Balaban J connectivity index is 1.75. The highest BCUT2D eigenvalue weighted by molar-refractivity contribution is 6.31. The van der Waals surface area contributed by atoms with Gasteiger partial charge in [0.15, 0.2) is 0 Å². The quantitative estimate of drug-likeness (QED) is 0.638. The first-order chi connectivity index (χ1) is 10.2. The van der Waals surface area contributed by atoms with Crippen molar-refractivity contribution < 1.29 is 4.57 Å². The van der Waals surface area contributed by atoms with Crippen molar-refractivity contribution >= 4 is 23.2 Å². The maximum Gasteiger partial charge on any atom is 0.244 e. The van der Waals surface area contributed by atoms with Crippen molar-refractivity contribution in [3.8, 4) is 0 Å². The van der Waals surface area contributed by atoms with Gasteiger partial charge in [-0.25, -0.2) is 9.13 Å². The van der Waals surface area contributed by atoms with Gasteiger partial charge in [0, 0.05) is 21.2 Å². The Bertz CT molecular complexity index is 688. The molecule has 106 valence electrons. The summed E-state index contributed by atoms with van der Waals surface area (Å²) in [6, 6.07) is 15.8. The molecule has 2 nitrogen and oxygen atoms in total. The highest BCUT2D eigenvalue weighted by atomic mass is 35.5. The minimum absolute atomic E-state index is 0.759. The van der Waals surface area contributed by atoms with Gasteiger partial charge in [0.25, 0.3) is 0 Å². The highest BCUT2D eigenvalue weighted by Gasteiger charge is 2.09. The Hall–Kier alpha value is -1.77. The van der Waals surface area contributed by atoms with Crippen LogP contribution in [0.1, 0.15) is 11.1 Å². The normalized spacial score (nSPS) is 10.8. The topological polar surface area (TPSA) is 8.81 Å². The summed E-state index contributed by atoms with van der Waals surface area (Å²) in [6.45, 7) is 1.52. The van der Waals surface area contributed by atoms with Crippen molar-refractivity contribution in [3.05, 3.63) is 88.4 Å². The third kappa shape index (κ3) is 3.46. The largest absolute Gasteiger partial charge is 0.244 e. The van der Waals surface area contributed by atoms with Crippen LogP contribution in [-0.4, -0.2) is 4.57 Å². The second-order valence-electron chi connectivity index (χ2n) is 4.94. The lowest BCUT2D eigenvalue weighted by Crippen LogP contribution is -2.31. The van der Waals surface area contributed by atoms with Gasteiger partial charge in [-0.05, 0) is 12.1 Å². The van der Waals surface area contributed by atoms with Gasteiger partial charge in [-0.2, -0.15) is 0 Å². The standard InChI is InChI=1S/C17H15Cl2N2/c18-16-7-3-1-5-14(16)11-20-9-10-21(13-20)12-15-6-2-4-8-17(15)19/h1-10,13H,11-12H2/q+1. The number of benzene rings is 2. The molecule has 0 saturated carbocycles. The maximum atomic E-state index is 6.19. The van der Waals surface area contributed by atoms with E-state index in [4.69, 9.17) is 23.2 Å². The molecule has 0 saturated heterocycles. The van der Waals surface area contributed by atoms with Crippen molar-refractivity contribution in [2.75, 3.05) is 0 Å². The van der Waals surface area contributed by atoms with Crippen molar-refractivity contribution in [2.45, 2.75) is 13.1 Å². The Morgan fingerprint density at radius 1 is 0.857 bits per heavy atom. The van der Waals surface area contributed by atoms with Gasteiger partial charge in [-0.15, -0.1) is 0 Å². The zero-order valence-corrected chi connectivity index (χ0v) is 12.9. The van der Waals surface area contributed by atoms with Crippen LogP contribution in [-0.2, 0) is 13.1 Å².